The maximum absolute atomic E-state index is 12.0. The molecular weight excluding hydrogens is 272 g/mol. The average Bonchev–Trinajstić information content (AvgIpc) is 2.38. The number of aromatic nitrogens is 1. The van der Waals surface area contributed by atoms with E-state index in [0.29, 0.717) is 17.8 Å². The summed E-state index contributed by atoms with van der Waals surface area (Å²) in [6, 6.07) is 2.04. The molecule has 0 bridgehead atoms. The van der Waals surface area contributed by atoms with Crippen LogP contribution in [-0.2, 0) is 16.1 Å². The lowest BCUT2D eigenvalue weighted by atomic mass is 10.1. The molecule has 0 aliphatic carbocycles. The largest absolute Gasteiger partial charge is 0.480 e. The van der Waals surface area contributed by atoms with Crippen LogP contribution in [-0.4, -0.2) is 27.6 Å². The molecule has 1 atom stereocenters. The summed E-state index contributed by atoms with van der Waals surface area (Å²) < 4.78 is 1.69. The van der Waals surface area contributed by atoms with Crippen molar-refractivity contribution in [3.8, 4) is 0 Å². The molecule has 2 N–H and O–H groups in total. The molecule has 1 heterocycles. The minimum atomic E-state index is -1.02. The van der Waals surface area contributed by atoms with Crippen molar-refractivity contribution in [2.24, 2.45) is 0 Å². The first-order chi connectivity index (χ1) is 9.85. The van der Waals surface area contributed by atoms with Crippen LogP contribution in [0.5, 0.6) is 0 Å². The number of unbranched alkanes of at least 4 members (excludes halogenated alkanes) is 1. The van der Waals surface area contributed by atoms with Crippen LogP contribution in [0.3, 0.4) is 0 Å². The maximum Gasteiger partial charge on any atom is 0.326 e. The Morgan fingerprint density at radius 2 is 1.86 bits per heavy atom. The first kappa shape index (κ1) is 16.9. The Kier molecular flexibility index (Phi) is 6.14. The number of carboxylic acids is 1. The number of nitrogens with one attached hydrogen (secondary N) is 1. The minimum Gasteiger partial charge on any atom is -0.480 e. The van der Waals surface area contributed by atoms with E-state index in [0.717, 1.165) is 12.8 Å². The number of pyridine rings is 1. The number of hydrogen-bond donors (Lipinski definition) is 2. The van der Waals surface area contributed by atoms with Gasteiger partial charge < -0.3 is 15.0 Å². The molecule has 1 rings (SSSR count). The molecule has 6 heteroatoms. The van der Waals surface area contributed by atoms with Crippen LogP contribution < -0.4 is 10.7 Å². The van der Waals surface area contributed by atoms with Gasteiger partial charge in [-0.2, -0.15) is 0 Å². The van der Waals surface area contributed by atoms with Crippen LogP contribution in [0.1, 0.15) is 37.6 Å². The zero-order chi connectivity index (χ0) is 16.0. The van der Waals surface area contributed by atoms with Crippen molar-refractivity contribution in [2.45, 2.75) is 52.6 Å². The van der Waals surface area contributed by atoms with Gasteiger partial charge in [0.25, 0.3) is 0 Å². The Labute approximate surface area is 123 Å². The number of aryl methyl sites for hydroxylation is 2. The summed E-state index contributed by atoms with van der Waals surface area (Å²) >= 11 is 0. The summed E-state index contributed by atoms with van der Waals surface area (Å²) in [6.07, 6.45) is 2.03. The average molecular weight is 294 g/mol. The van der Waals surface area contributed by atoms with Crippen molar-refractivity contribution in [1.82, 2.24) is 9.88 Å². The van der Waals surface area contributed by atoms with Crippen molar-refractivity contribution < 1.29 is 14.7 Å². The molecule has 6 nitrogen and oxygen atoms in total. The number of carboxylic acid groups (broad SMARTS) is 1. The third kappa shape index (κ3) is 5.06. The fraction of sp³-hybridized carbons (Fsp3) is 0.533. The second-order valence-electron chi connectivity index (χ2n) is 5.16. The zero-order valence-corrected chi connectivity index (χ0v) is 12.7. The summed E-state index contributed by atoms with van der Waals surface area (Å²) in [6.45, 7) is 5.46. The van der Waals surface area contributed by atoms with E-state index < -0.39 is 12.0 Å². The summed E-state index contributed by atoms with van der Waals surface area (Å²) in [5.41, 5.74) is 1.25. The van der Waals surface area contributed by atoms with Crippen LogP contribution in [0.25, 0.3) is 0 Å². The lowest BCUT2D eigenvalue weighted by Gasteiger charge is -2.17. The van der Waals surface area contributed by atoms with Gasteiger partial charge in [0.2, 0.25) is 5.91 Å². The molecule has 1 aromatic rings. The molecule has 0 saturated heterocycles. The van der Waals surface area contributed by atoms with Gasteiger partial charge in [0.15, 0.2) is 5.43 Å². The second-order valence-corrected chi connectivity index (χ2v) is 5.16. The molecule has 0 radical (unpaired) electrons. The van der Waals surface area contributed by atoms with Gasteiger partial charge in [-0.1, -0.05) is 19.8 Å². The number of aliphatic carboxylic acids is 1. The molecule has 0 aliphatic heterocycles. The SMILES string of the molecule is CCCCC(NC(=O)Cn1c(C)cc(=O)cc1C)C(=O)O. The highest BCUT2D eigenvalue weighted by Crippen LogP contribution is 2.04. The number of rotatable bonds is 7. The van der Waals surface area contributed by atoms with Crippen molar-refractivity contribution in [1.29, 1.82) is 0 Å². The van der Waals surface area contributed by atoms with E-state index in [9.17, 15) is 14.4 Å². The number of hydrogen-bond acceptors (Lipinski definition) is 3. The summed E-state index contributed by atoms with van der Waals surface area (Å²) in [7, 11) is 0. The fourth-order valence-corrected chi connectivity index (χ4v) is 2.19. The third-order valence-electron chi connectivity index (χ3n) is 3.34. The van der Waals surface area contributed by atoms with Gasteiger partial charge >= 0.3 is 5.97 Å². The minimum absolute atomic E-state index is 0.00779. The lowest BCUT2D eigenvalue weighted by molar-refractivity contribution is -0.142. The van der Waals surface area contributed by atoms with Gasteiger partial charge in [0.1, 0.15) is 12.6 Å². The van der Waals surface area contributed by atoms with Crippen molar-refractivity contribution in [3.63, 3.8) is 0 Å². The molecular formula is C15H22N2O4. The predicted molar refractivity (Wildman–Crippen MR) is 79.3 cm³/mol. The van der Waals surface area contributed by atoms with Gasteiger partial charge in [-0.15, -0.1) is 0 Å². The van der Waals surface area contributed by atoms with E-state index in [2.05, 4.69) is 5.32 Å². The Morgan fingerprint density at radius 3 is 2.33 bits per heavy atom. The van der Waals surface area contributed by atoms with Crippen LogP contribution in [0.4, 0.5) is 0 Å². The van der Waals surface area contributed by atoms with Crippen molar-refractivity contribution >= 4 is 11.9 Å². The van der Waals surface area contributed by atoms with Crippen LogP contribution in [0.15, 0.2) is 16.9 Å². The standard InChI is InChI=1S/C15H22N2O4/c1-4-5-6-13(15(20)21)16-14(19)9-17-10(2)7-12(18)8-11(17)3/h7-8,13H,4-6,9H2,1-3H3,(H,16,19)(H,20,21). The smallest absolute Gasteiger partial charge is 0.326 e. The molecule has 0 fully saturated rings. The predicted octanol–water partition coefficient (Wildman–Crippen LogP) is 1.22. The third-order valence-corrected chi connectivity index (χ3v) is 3.34. The number of carbonyl (C=O) groups excluding carboxylic acids is 1. The Hall–Kier alpha value is -2.11. The van der Waals surface area contributed by atoms with Gasteiger partial charge in [-0.05, 0) is 20.3 Å². The van der Waals surface area contributed by atoms with Gasteiger partial charge in [0, 0.05) is 23.5 Å². The molecule has 0 spiro atoms. The summed E-state index contributed by atoms with van der Waals surface area (Å²) in [5.74, 6) is -1.39. The molecule has 116 valence electrons. The molecule has 1 amide bonds. The van der Waals surface area contributed by atoms with Crippen molar-refractivity contribution in [3.05, 3.63) is 33.7 Å². The van der Waals surface area contributed by atoms with Crippen LogP contribution >= 0.6 is 0 Å². The normalized spacial score (nSPS) is 12.0. The highest BCUT2D eigenvalue weighted by Gasteiger charge is 2.19. The Balaban J connectivity index is 2.77. The highest BCUT2D eigenvalue weighted by molar-refractivity contribution is 5.83. The van der Waals surface area contributed by atoms with Gasteiger partial charge in [-0.3, -0.25) is 9.59 Å². The van der Waals surface area contributed by atoms with Crippen molar-refractivity contribution in [2.75, 3.05) is 0 Å². The highest BCUT2D eigenvalue weighted by atomic mass is 16.4. The Bertz CT molecular complexity index is 551. The molecule has 1 unspecified atom stereocenters. The van der Waals surface area contributed by atoms with E-state index in [4.69, 9.17) is 5.11 Å². The number of amides is 1. The van der Waals surface area contributed by atoms with E-state index in [1.807, 2.05) is 6.92 Å². The second kappa shape index (κ2) is 7.61. The maximum atomic E-state index is 12.0. The van der Waals surface area contributed by atoms with Gasteiger partial charge in [0.05, 0.1) is 0 Å². The molecule has 0 aromatic carbocycles. The molecule has 0 saturated carbocycles. The number of carbonyl (C=O) groups is 2. The van der Waals surface area contributed by atoms with E-state index in [1.54, 1.807) is 18.4 Å². The van der Waals surface area contributed by atoms with Crippen LogP contribution in [0, 0.1) is 13.8 Å². The molecule has 0 aliphatic rings. The number of nitrogens with zero attached hydrogens (tertiary/aromatic N) is 1. The first-order valence-electron chi connectivity index (χ1n) is 7.05. The summed E-state index contributed by atoms with van der Waals surface area (Å²) in [4.78, 5) is 34.5. The van der Waals surface area contributed by atoms with Crippen LogP contribution in [0.2, 0.25) is 0 Å². The topological polar surface area (TPSA) is 88.4 Å². The lowest BCUT2D eigenvalue weighted by Crippen LogP contribution is -2.42. The molecule has 21 heavy (non-hydrogen) atoms. The first-order valence-corrected chi connectivity index (χ1v) is 7.05. The quantitative estimate of drug-likeness (QED) is 0.791. The van der Waals surface area contributed by atoms with Gasteiger partial charge in [-0.25, -0.2) is 4.79 Å². The Morgan fingerprint density at radius 1 is 1.29 bits per heavy atom. The summed E-state index contributed by atoms with van der Waals surface area (Å²) in [5, 5.41) is 11.6. The van der Waals surface area contributed by atoms with E-state index in [1.165, 1.54) is 12.1 Å². The monoisotopic (exact) mass is 294 g/mol. The van der Waals surface area contributed by atoms with E-state index in [-0.39, 0.29) is 17.9 Å². The van der Waals surface area contributed by atoms with E-state index >= 15 is 0 Å². The zero-order valence-electron chi connectivity index (χ0n) is 12.7. The fourth-order valence-electron chi connectivity index (χ4n) is 2.19. The molecule has 1 aromatic heterocycles.